The predicted molar refractivity (Wildman–Crippen MR) is 82.2 cm³/mol. The van der Waals surface area contributed by atoms with Gasteiger partial charge in [0.1, 0.15) is 5.75 Å². The Kier molecular flexibility index (Phi) is 4.27. The molecular formula is C16H21NOS. The molecule has 2 rings (SSSR count). The van der Waals surface area contributed by atoms with Crippen molar-refractivity contribution >= 4 is 11.3 Å². The number of ether oxygens (including phenoxy) is 1. The minimum Gasteiger partial charge on any atom is -0.496 e. The molecule has 0 amide bonds. The molecule has 2 aromatic rings. The van der Waals surface area contributed by atoms with Gasteiger partial charge in [-0.2, -0.15) is 0 Å². The fourth-order valence-corrected chi connectivity index (χ4v) is 3.57. The molecule has 1 heterocycles. The van der Waals surface area contributed by atoms with Crippen LogP contribution in [0.1, 0.15) is 40.1 Å². The van der Waals surface area contributed by atoms with Crippen molar-refractivity contribution in [1.29, 1.82) is 0 Å². The van der Waals surface area contributed by atoms with Gasteiger partial charge in [-0.3, -0.25) is 0 Å². The first kappa shape index (κ1) is 14.1. The van der Waals surface area contributed by atoms with Crippen molar-refractivity contribution in [2.45, 2.75) is 33.2 Å². The lowest BCUT2D eigenvalue weighted by Gasteiger charge is -2.16. The molecule has 1 aromatic heterocycles. The number of aryl methyl sites for hydroxylation is 3. The number of hydrogen-bond donors (Lipinski definition) is 1. The minimum atomic E-state index is -0.0433. The molecule has 0 saturated carbocycles. The maximum atomic E-state index is 6.44. The van der Waals surface area contributed by atoms with Crippen molar-refractivity contribution < 1.29 is 4.74 Å². The Hall–Kier alpha value is -1.32. The van der Waals surface area contributed by atoms with Gasteiger partial charge in [-0.1, -0.05) is 19.1 Å². The first-order valence-electron chi connectivity index (χ1n) is 6.55. The summed E-state index contributed by atoms with van der Waals surface area (Å²) in [6.07, 6.45) is 1.03. The van der Waals surface area contributed by atoms with Crippen LogP contribution in [0.25, 0.3) is 0 Å². The zero-order valence-electron chi connectivity index (χ0n) is 12.0. The molecule has 2 nitrogen and oxygen atoms in total. The Morgan fingerprint density at radius 3 is 2.42 bits per heavy atom. The standard InChI is InChI=1S/C16H21NOS/c1-5-12-6-7-19-16(12)14(17)13-8-10(2)15(18-4)11(3)9-13/h6-9,14H,5,17H2,1-4H3. The molecule has 3 heteroatoms. The van der Waals surface area contributed by atoms with Crippen molar-refractivity contribution in [3.63, 3.8) is 0 Å². The highest BCUT2D eigenvalue weighted by molar-refractivity contribution is 7.10. The average Bonchev–Trinajstić information content (AvgIpc) is 2.85. The molecular weight excluding hydrogens is 254 g/mol. The number of nitrogens with two attached hydrogens (primary N) is 1. The van der Waals surface area contributed by atoms with E-state index in [1.165, 1.54) is 10.4 Å². The maximum absolute atomic E-state index is 6.44. The lowest BCUT2D eigenvalue weighted by molar-refractivity contribution is 0.408. The van der Waals surface area contributed by atoms with Crippen LogP contribution in [-0.2, 0) is 6.42 Å². The van der Waals surface area contributed by atoms with Gasteiger partial charge in [-0.25, -0.2) is 0 Å². The molecule has 0 fully saturated rings. The second kappa shape index (κ2) is 5.76. The van der Waals surface area contributed by atoms with E-state index in [1.54, 1.807) is 18.4 Å². The van der Waals surface area contributed by atoms with Gasteiger partial charge in [0.05, 0.1) is 13.2 Å². The Balaban J connectivity index is 2.42. The molecule has 0 spiro atoms. The summed E-state index contributed by atoms with van der Waals surface area (Å²) in [7, 11) is 1.71. The first-order chi connectivity index (χ1) is 9.08. The Morgan fingerprint density at radius 2 is 1.89 bits per heavy atom. The molecule has 19 heavy (non-hydrogen) atoms. The monoisotopic (exact) mass is 275 g/mol. The largest absolute Gasteiger partial charge is 0.496 e. The lowest BCUT2D eigenvalue weighted by atomic mass is 9.98. The molecule has 0 radical (unpaired) electrons. The summed E-state index contributed by atoms with van der Waals surface area (Å²) in [5, 5.41) is 2.12. The smallest absolute Gasteiger partial charge is 0.124 e. The molecule has 1 unspecified atom stereocenters. The highest BCUT2D eigenvalue weighted by atomic mass is 32.1. The van der Waals surface area contributed by atoms with Crippen LogP contribution in [0, 0.1) is 13.8 Å². The summed E-state index contributed by atoms with van der Waals surface area (Å²) in [6, 6.07) is 6.40. The summed E-state index contributed by atoms with van der Waals surface area (Å²) >= 11 is 1.74. The zero-order chi connectivity index (χ0) is 14.0. The van der Waals surface area contributed by atoms with Crippen LogP contribution in [0.15, 0.2) is 23.6 Å². The van der Waals surface area contributed by atoms with Crippen molar-refractivity contribution in [3.05, 3.63) is 50.7 Å². The Labute approximate surface area is 119 Å². The van der Waals surface area contributed by atoms with E-state index in [9.17, 15) is 0 Å². The number of rotatable bonds is 4. The van der Waals surface area contributed by atoms with E-state index < -0.39 is 0 Å². The fourth-order valence-electron chi connectivity index (χ4n) is 2.55. The van der Waals surface area contributed by atoms with Gasteiger partial charge >= 0.3 is 0 Å². The molecule has 0 aliphatic heterocycles. The third-order valence-corrected chi connectivity index (χ3v) is 4.53. The molecule has 0 bridgehead atoms. The van der Waals surface area contributed by atoms with Gasteiger partial charge in [0.25, 0.3) is 0 Å². The van der Waals surface area contributed by atoms with Crippen LogP contribution in [0.4, 0.5) is 0 Å². The van der Waals surface area contributed by atoms with Crippen molar-refractivity contribution in [2.75, 3.05) is 7.11 Å². The van der Waals surface area contributed by atoms with E-state index in [0.29, 0.717) is 0 Å². The molecule has 2 N–H and O–H groups in total. The van der Waals surface area contributed by atoms with Crippen molar-refractivity contribution in [2.24, 2.45) is 5.73 Å². The van der Waals surface area contributed by atoms with E-state index in [-0.39, 0.29) is 6.04 Å². The Bertz CT molecular complexity index is 551. The fraction of sp³-hybridized carbons (Fsp3) is 0.375. The topological polar surface area (TPSA) is 35.2 Å². The van der Waals surface area contributed by atoms with Gasteiger partial charge in [-0.15, -0.1) is 11.3 Å². The number of thiophene rings is 1. The van der Waals surface area contributed by atoms with Gasteiger partial charge in [-0.05, 0) is 54.0 Å². The number of benzene rings is 1. The van der Waals surface area contributed by atoms with Gasteiger partial charge in [0.2, 0.25) is 0 Å². The molecule has 1 atom stereocenters. The second-order valence-electron chi connectivity index (χ2n) is 4.83. The predicted octanol–water partition coefficient (Wildman–Crippen LogP) is 3.98. The second-order valence-corrected chi connectivity index (χ2v) is 5.78. The van der Waals surface area contributed by atoms with E-state index in [4.69, 9.17) is 10.5 Å². The van der Waals surface area contributed by atoms with Gasteiger partial charge in [0, 0.05) is 4.88 Å². The zero-order valence-corrected chi connectivity index (χ0v) is 12.8. The first-order valence-corrected chi connectivity index (χ1v) is 7.43. The van der Waals surface area contributed by atoms with E-state index >= 15 is 0 Å². The molecule has 0 aliphatic rings. The normalized spacial score (nSPS) is 12.5. The summed E-state index contributed by atoms with van der Waals surface area (Å²) in [6.45, 7) is 6.30. The molecule has 102 valence electrons. The van der Waals surface area contributed by atoms with E-state index in [0.717, 1.165) is 28.9 Å². The number of methoxy groups -OCH3 is 1. The van der Waals surface area contributed by atoms with Crippen LogP contribution >= 0.6 is 11.3 Å². The third-order valence-electron chi connectivity index (χ3n) is 3.49. The van der Waals surface area contributed by atoms with Crippen LogP contribution in [-0.4, -0.2) is 7.11 Å². The average molecular weight is 275 g/mol. The summed E-state index contributed by atoms with van der Waals surface area (Å²) in [4.78, 5) is 1.27. The van der Waals surface area contributed by atoms with Crippen LogP contribution < -0.4 is 10.5 Å². The van der Waals surface area contributed by atoms with Crippen molar-refractivity contribution in [1.82, 2.24) is 0 Å². The molecule has 0 saturated heterocycles. The van der Waals surface area contributed by atoms with Gasteiger partial charge < -0.3 is 10.5 Å². The molecule has 1 aromatic carbocycles. The lowest BCUT2D eigenvalue weighted by Crippen LogP contribution is -2.12. The van der Waals surface area contributed by atoms with Crippen LogP contribution in [0.5, 0.6) is 5.75 Å². The molecule has 0 aliphatic carbocycles. The minimum absolute atomic E-state index is 0.0433. The van der Waals surface area contributed by atoms with Crippen LogP contribution in [0.2, 0.25) is 0 Å². The third kappa shape index (κ3) is 2.67. The summed E-state index contributed by atoms with van der Waals surface area (Å²) in [5.74, 6) is 0.956. The highest BCUT2D eigenvalue weighted by Gasteiger charge is 2.16. The quantitative estimate of drug-likeness (QED) is 0.916. The maximum Gasteiger partial charge on any atom is 0.124 e. The van der Waals surface area contributed by atoms with Crippen LogP contribution in [0.3, 0.4) is 0 Å². The summed E-state index contributed by atoms with van der Waals surface area (Å²) < 4.78 is 5.41. The van der Waals surface area contributed by atoms with Crippen molar-refractivity contribution in [3.8, 4) is 5.75 Å². The number of hydrogen-bond acceptors (Lipinski definition) is 3. The van der Waals surface area contributed by atoms with Gasteiger partial charge in [0.15, 0.2) is 0 Å². The van der Waals surface area contributed by atoms with E-state index in [1.807, 2.05) is 0 Å². The Morgan fingerprint density at radius 1 is 1.26 bits per heavy atom. The van der Waals surface area contributed by atoms with E-state index in [2.05, 4.69) is 44.4 Å². The summed E-state index contributed by atoms with van der Waals surface area (Å²) in [5.41, 5.74) is 11.2. The highest BCUT2D eigenvalue weighted by Crippen LogP contribution is 2.32. The SMILES string of the molecule is CCc1ccsc1C(N)c1cc(C)c(OC)c(C)c1.